The predicted octanol–water partition coefficient (Wildman–Crippen LogP) is 3.64. The van der Waals surface area contributed by atoms with E-state index in [2.05, 4.69) is 5.32 Å². The van der Waals surface area contributed by atoms with Gasteiger partial charge in [0.15, 0.2) is 0 Å². The van der Waals surface area contributed by atoms with E-state index in [-0.39, 0.29) is 16.6 Å². The molecular weight excluding hydrogens is 397 g/mol. The molecule has 2 amide bonds. The summed E-state index contributed by atoms with van der Waals surface area (Å²) in [6.45, 7) is 0. The largest absolute Gasteiger partial charge is 0.364 e. The first-order valence-corrected chi connectivity index (χ1v) is 9.90. The van der Waals surface area contributed by atoms with E-state index in [9.17, 15) is 18.8 Å². The number of ketones is 1. The second-order valence-electron chi connectivity index (χ2n) is 7.98. The first-order chi connectivity index (χ1) is 13.7. The Hall–Kier alpha value is -2.67. The number of Topliss-reactive ketones (excluding diaryl/α,β-unsaturated/α-hetero) is 1. The monoisotopic (exact) mass is 417 g/mol. The quantitative estimate of drug-likeness (QED) is 0.795. The lowest BCUT2D eigenvalue weighted by atomic mass is 9.94. The number of nitrogens with zero attached hydrogens (tertiary/aromatic N) is 1. The van der Waals surface area contributed by atoms with Gasteiger partial charge in [0.2, 0.25) is 0 Å². The summed E-state index contributed by atoms with van der Waals surface area (Å²) in [4.78, 5) is 36.6. The molecule has 6 nitrogen and oxygen atoms in total. The second kappa shape index (κ2) is 7.30. The van der Waals surface area contributed by atoms with Gasteiger partial charge in [-0.3, -0.25) is 14.4 Å². The molecule has 3 N–H and O–H groups in total. The molecule has 2 aliphatic rings. The number of nitrogens with one attached hydrogen (secondary N) is 1. The molecule has 29 heavy (non-hydrogen) atoms. The predicted molar refractivity (Wildman–Crippen MR) is 106 cm³/mol. The molecule has 0 radical (unpaired) electrons. The van der Waals surface area contributed by atoms with Crippen molar-refractivity contribution < 1.29 is 18.8 Å². The number of fused-ring (bicyclic) bond motifs is 1. The van der Waals surface area contributed by atoms with E-state index in [4.69, 9.17) is 17.3 Å². The summed E-state index contributed by atoms with van der Waals surface area (Å²) in [6.07, 6.45) is 2.79. The second-order valence-corrected chi connectivity index (χ2v) is 8.38. The molecule has 0 spiro atoms. The lowest BCUT2D eigenvalue weighted by molar-refractivity contribution is -0.117. The van der Waals surface area contributed by atoms with Crippen molar-refractivity contribution in [1.82, 2.24) is 4.57 Å². The molecule has 1 heterocycles. The highest BCUT2D eigenvalue weighted by Gasteiger charge is 2.43. The van der Waals surface area contributed by atoms with Gasteiger partial charge >= 0.3 is 0 Å². The Morgan fingerprint density at radius 1 is 1.21 bits per heavy atom. The number of hydrogen-bond acceptors (Lipinski definition) is 3. The molecule has 2 aliphatic carbocycles. The zero-order valence-electron chi connectivity index (χ0n) is 15.9. The molecule has 0 saturated heterocycles. The van der Waals surface area contributed by atoms with Gasteiger partial charge in [-0.25, -0.2) is 4.39 Å². The maximum atomic E-state index is 13.4. The molecule has 1 aromatic carbocycles. The number of hydrogen-bond donors (Lipinski definition) is 2. The summed E-state index contributed by atoms with van der Waals surface area (Å²) in [5, 5.41) is 2.63. The van der Waals surface area contributed by atoms with Gasteiger partial charge in [-0.1, -0.05) is 11.6 Å². The van der Waals surface area contributed by atoms with Crippen LogP contribution in [0, 0.1) is 17.7 Å². The van der Waals surface area contributed by atoms with Crippen LogP contribution < -0.4 is 11.1 Å². The van der Waals surface area contributed by atoms with Crippen LogP contribution >= 0.6 is 11.6 Å². The number of nitrogens with two attached hydrogens (primary N) is 1. The normalized spacial score (nSPS) is 23.3. The molecule has 1 aromatic heterocycles. The highest BCUT2D eigenvalue weighted by atomic mass is 35.5. The van der Waals surface area contributed by atoms with Crippen molar-refractivity contribution >= 4 is 34.9 Å². The van der Waals surface area contributed by atoms with Crippen molar-refractivity contribution in [2.24, 2.45) is 24.6 Å². The van der Waals surface area contributed by atoms with Crippen molar-refractivity contribution in [3.8, 4) is 0 Å². The summed E-state index contributed by atoms with van der Waals surface area (Å²) in [5.74, 6) is -0.581. The molecule has 8 heteroatoms. The number of aromatic nitrogens is 1. The third-order valence-electron chi connectivity index (χ3n) is 6.17. The standard InChI is InChI=1S/C21H21ClFN3O3/c1-26-18(20(24)28)9-15(12-4-10-6-14(27)7-11(10)5-12)19(26)21(29)25-13-2-3-17(23)16(22)8-13/h2-3,8-12H,4-7H2,1H3,(H2,24,28)(H,25,29). The first-order valence-electron chi connectivity index (χ1n) is 9.52. The zero-order chi connectivity index (χ0) is 20.9. The number of carbonyl (C=O) groups excluding carboxylic acids is 3. The molecule has 0 aliphatic heterocycles. The van der Waals surface area contributed by atoms with Gasteiger partial charge in [0.1, 0.15) is 23.0 Å². The van der Waals surface area contributed by atoms with Crippen molar-refractivity contribution in [3.05, 3.63) is 52.1 Å². The molecular formula is C21H21ClFN3O3. The molecule has 2 saturated carbocycles. The van der Waals surface area contributed by atoms with Gasteiger partial charge in [-0.2, -0.15) is 0 Å². The van der Waals surface area contributed by atoms with E-state index < -0.39 is 17.6 Å². The summed E-state index contributed by atoms with van der Waals surface area (Å²) < 4.78 is 14.9. The van der Waals surface area contributed by atoms with E-state index in [1.165, 1.54) is 22.8 Å². The maximum Gasteiger partial charge on any atom is 0.272 e. The third-order valence-corrected chi connectivity index (χ3v) is 6.46. The smallest absolute Gasteiger partial charge is 0.272 e. The van der Waals surface area contributed by atoms with Crippen LogP contribution in [0.3, 0.4) is 0 Å². The number of anilines is 1. The Morgan fingerprint density at radius 3 is 2.45 bits per heavy atom. The summed E-state index contributed by atoms with van der Waals surface area (Å²) in [5.41, 5.74) is 7.20. The van der Waals surface area contributed by atoms with E-state index in [1.807, 2.05) is 0 Å². The number of primary amides is 1. The van der Waals surface area contributed by atoms with E-state index in [0.717, 1.165) is 18.4 Å². The molecule has 2 aromatic rings. The van der Waals surface area contributed by atoms with Crippen molar-refractivity contribution in [3.63, 3.8) is 0 Å². The highest BCUT2D eigenvalue weighted by Crippen LogP contribution is 2.50. The average molecular weight is 418 g/mol. The first kappa shape index (κ1) is 19.6. The zero-order valence-corrected chi connectivity index (χ0v) is 16.6. The van der Waals surface area contributed by atoms with Gasteiger partial charge in [-0.15, -0.1) is 0 Å². The van der Waals surface area contributed by atoms with Gasteiger partial charge in [0, 0.05) is 25.6 Å². The SMILES string of the molecule is Cn1c(C(N)=O)cc(C2CC3CC(=O)CC3C2)c1C(=O)Nc1ccc(F)c(Cl)c1. The number of rotatable bonds is 4. The molecule has 2 atom stereocenters. The van der Waals surface area contributed by atoms with Crippen molar-refractivity contribution in [2.45, 2.75) is 31.6 Å². The van der Waals surface area contributed by atoms with Gasteiger partial charge in [0.25, 0.3) is 11.8 Å². The van der Waals surface area contributed by atoms with Crippen LogP contribution in [-0.4, -0.2) is 22.2 Å². The Balaban J connectivity index is 1.66. The highest BCUT2D eigenvalue weighted by molar-refractivity contribution is 6.31. The minimum absolute atomic E-state index is 0.0787. The van der Waals surface area contributed by atoms with Crippen LogP contribution in [0.15, 0.2) is 24.3 Å². The minimum atomic E-state index is -0.619. The summed E-state index contributed by atoms with van der Waals surface area (Å²) >= 11 is 5.80. The van der Waals surface area contributed by atoms with Gasteiger partial charge in [0.05, 0.1) is 5.02 Å². The summed E-state index contributed by atoms with van der Waals surface area (Å²) in [7, 11) is 1.62. The third kappa shape index (κ3) is 3.55. The van der Waals surface area contributed by atoms with Crippen molar-refractivity contribution in [1.29, 1.82) is 0 Å². The van der Waals surface area contributed by atoms with Crippen LogP contribution in [0.2, 0.25) is 5.02 Å². The maximum absolute atomic E-state index is 13.4. The summed E-state index contributed by atoms with van der Waals surface area (Å²) in [6, 6.07) is 5.61. The fraction of sp³-hybridized carbons (Fsp3) is 0.381. The minimum Gasteiger partial charge on any atom is -0.364 e. The fourth-order valence-corrected chi connectivity index (χ4v) is 5.04. The van der Waals surface area contributed by atoms with Gasteiger partial charge in [-0.05, 0) is 60.4 Å². The molecule has 2 unspecified atom stereocenters. The van der Waals surface area contributed by atoms with E-state index in [1.54, 1.807) is 13.1 Å². The van der Waals surface area contributed by atoms with Gasteiger partial charge < -0.3 is 15.6 Å². The van der Waals surface area contributed by atoms with E-state index in [0.29, 0.717) is 41.8 Å². The Morgan fingerprint density at radius 2 is 1.86 bits per heavy atom. The van der Waals surface area contributed by atoms with Crippen LogP contribution in [0.25, 0.3) is 0 Å². The lowest BCUT2D eigenvalue weighted by Crippen LogP contribution is -2.21. The van der Waals surface area contributed by atoms with E-state index >= 15 is 0 Å². The lowest BCUT2D eigenvalue weighted by Gasteiger charge is -2.14. The van der Waals surface area contributed by atoms with Crippen LogP contribution in [-0.2, 0) is 11.8 Å². The molecule has 0 bridgehead atoms. The average Bonchev–Trinajstić information content (AvgIpc) is 3.28. The van der Waals surface area contributed by atoms with Crippen LogP contribution in [0.1, 0.15) is 58.1 Å². The molecule has 2 fully saturated rings. The fourth-order valence-electron chi connectivity index (χ4n) is 4.86. The Labute approximate surface area is 172 Å². The number of benzene rings is 1. The van der Waals surface area contributed by atoms with Crippen LogP contribution in [0.5, 0.6) is 0 Å². The number of carbonyl (C=O) groups is 3. The van der Waals surface area contributed by atoms with Crippen LogP contribution in [0.4, 0.5) is 10.1 Å². The number of amides is 2. The Bertz CT molecular complexity index is 1020. The topological polar surface area (TPSA) is 94.2 Å². The van der Waals surface area contributed by atoms with Crippen molar-refractivity contribution in [2.75, 3.05) is 5.32 Å². The number of halogens is 2. The Kier molecular flexibility index (Phi) is 4.94. The molecule has 152 valence electrons. The molecule has 4 rings (SSSR count).